The van der Waals surface area contributed by atoms with Crippen molar-refractivity contribution in [2.45, 2.75) is 51.6 Å². The van der Waals surface area contributed by atoms with Crippen LogP contribution in [0.5, 0.6) is 0 Å². The highest BCUT2D eigenvalue weighted by molar-refractivity contribution is 5.96. The predicted octanol–water partition coefficient (Wildman–Crippen LogP) is 2.93. The summed E-state index contributed by atoms with van der Waals surface area (Å²) >= 11 is 0. The standard InChI is InChI=1S/C17H25NO2/c1-12-10-20-11-15(18-12)9-16(19)13-5-7-14(8-6-13)17(2,3)4/h5-8,12,15,18H,9-11H2,1-4H3. The lowest BCUT2D eigenvalue weighted by molar-refractivity contribution is 0.0463. The summed E-state index contributed by atoms with van der Waals surface area (Å²) in [5.41, 5.74) is 2.16. The Bertz CT molecular complexity index is 459. The molecule has 0 bridgehead atoms. The Balaban J connectivity index is 1.99. The topological polar surface area (TPSA) is 38.3 Å². The van der Waals surface area contributed by atoms with Gasteiger partial charge in [-0.25, -0.2) is 0 Å². The summed E-state index contributed by atoms with van der Waals surface area (Å²) < 4.78 is 5.48. The highest BCUT2D eigenvalue weighted by atomic mass is 16.5. The molecule has 2 unspecified atom stereocenters. The van der Waals surface area contributed by atoms with E-state index in [4.69, 9.17) is 4.74 Å². The van der Waals surface area contributed by atoms with Crippen LogP contribution in [0.3, 0.4) is 0 Å². The lowest BCUT2D eigenvalue weighted by atomic mass is 9.86. The van der Waals surface area contributed by atoms with Gasteiger partial charge in [-0.3, -0.25) is 4.79 Å². The number of carbonyl (C=O) groups excluding carboxylic acids is 1. The second kappa shape index (κ2) is 6.06. The minimum atomic E-state index is 0.121. The number of morpholine rings is 1. The van der Waals surface area contributed by atoms with Gasteiger partial charge in [0.05, 0.1) is 13.2 Å². The van der Waals surface area contributed by atoms with Gasteiger partial charge >= 0.3 is 0 Å². The van der Waals surface area contributed by atoms with E-state index in [9.17, 15) is 4.79 Å². The van der Waals surface area contributed by atoms with Crippen LogP contribution in [0.4, 0.5) is 0 Å². The Labute approximate surface area is 121 Å². The smallest absolute Gasteiger partial charge is 0.164 e. The summed E-state index contributed by atoms with van der Waals surface area (Å²) in [6, 6.07) is 8.45. The summed E-state index contributed by atoms with van der Waals surface area (Å²) in [5.74, 6) is 0.181. The Morgan fingerprint density at radius 1 is 1.25 bits per heavy atom. The summed E-state index contributed by atoms with van der Waals surface area (Å²) in [6.07, 6.45) is 0.499. The zero-order valence-corrected chi connectivity index (χ0v) is 12.9. The minimum absolute atomic E-state index is 0.121. The molecule has 20 heavy (non-hydrogen) atoms. The number of rotatable bonds is 3. The maximum atomic E-state index is 12.3. The maximum absolute atomic E-state index is 12.3. The van der Waals surface area contributed by atoms with Crippen LogP contribution in [-0.2, 0) is 10.2 Å². The predicted molar refractivity (Wildman–Crippen MR) is 81.3 cm³/mol. The van der Waals surface area contributed by atoms with Crippen LogP contribution in [-0.4, -0.2) is 31.1 Å². The monoisotopic (exact) mass is 275 g/mol. The van der Waals surface area contributed by atoms with E-state index in [-0.39, 0.29) is 17.2 Å². The fourth-order valence-corrected chi connectivity index (χ4v) is 2.50. The first kappa shape index (κ1) is 15.2. The van der Waals surface area contributed by atoms with Crippen LogP contribution in [0, 0.1) is 0 Å². The average molecular weight is 275 g/mol. The largest absolute Gasteiger partial charge is 0.378 e. The third kappa shape index (κ3) is 3.90. The number of benzene rings is 1. The van der Waals surface area contributed by atoms with Crippen molar-refractivity contribution in [1.82, 2.24) is 5.32 Å². The fourth-order valence-electron chi connectivity index (χ4n) is 2.50. The van der Waals surface area contributed by atoms with E-state index < -0.39 is 0 Å². The van der Waals surface area contributed by atoms with E-state index in [1.807, 2.05) is 12.1 Å². The molecule has 1 aromatic rings. The van der Waals surface area contributed by atoms with Crippen molar-refractivity contribution < 1.29 is 9.53 Å². The third-order valence-corrected chi connectivity index (χ3v) is 3.71. The van der Waals surface area contributed by atoms with Crippen LogP contribution in [0.2, 0.25) is 0 Å². The molecule has 1 aliphatic rings. The first-order chi connectivity index (χ1) is 9.36. The van der Waals surface area contributed by atoms with Crippen LogP contribution >= 0.6 is 0 Å². The number of ketones is 1. The Hall–Kier alpha value is -1.19. The normalized spacial score (nSPS) is 23.6. The highest BCUT2D eigenvalue weighted by Crippen LogP contribution is 2.22. The molecule has 1 saturated heterocycles. The number of hydrogen-bond donors (Lipinski definition) is 1. The molecule has 1 N–H and O–H groups in total. The second-order valence-electron chi connectivity index (χ2n) is 6.76. The molecule has 2 atom stereocenters. The quantitative estimate of drug-likeness (QED) is 0.862. The average Bonchev–Trinajstić information content (AvgIpc) is 2.38. The van der Waals surface area contributed by atoms with Gasteiger partial charge in [-0.05, 0) is 17.9 Å². The zero-order chi connectivity index (χ0) is 14.8. The van der Waals surface area contributed by atoms with E-state index >= 15 is 0 Å². The Morgan fingerprint density at radius 2 is 1.90 bits per heavy atom. The van der Waals surface area contributed by atoms with Gasteiger partial charge in [-0.2, -0.15) is 0 Å². The molecule has 0 saturated carbocycles. The summed E-state index contributed by atoms with van der Waals surface area (Å²) in [5, 5.41) is 3.41. The van der Waals surface area contributed by atoms with E-state index in [0.717, 1.165) is 12.2 Å². The van der Waals surface area contributed by atoms with Gasteiger partial charge < -0.3 is 10.1 Å². The molecule has 1 fully saturated rings. The number of carbonyl (C=O) groups is 1. The molecule has 0 aliphatic carbocycles. The molecular weight excluding hydrogens is 250 g/mol. The van der Waals surface area contributed by atoms with Crippen molar-refractivity contribution in [3.05, 3.63) is 35.4 Å². The van der Waals surface area contributed by atoms with E-state index in [2.05, 4.69) is 45.1 Å². The molecule has 3 heteroatoms. The van der Waals surface area contributed by atoms with Crippen molar-refractivity contribution in [3.63, 3.8) is 0 Å². The molecule has 1 aromatic carbocycles. The first-order valence-corrected chi connectivity index (χ1v) is 7.34. The van der Waals surface area contributed by atoms with Gasteiger partial charge in [0, 0.05) is 24.1 Å². The Morgan fingerprint density at radius 3 is 2.45 bits per heavy atom. The SMILES string of the molecule is CC1COCC(CC(=O)c2ccc(C(C)(C)C)cc2)N1. The molecule has 1 aliphatic heterocycles. The summed E-state index contributed by atoms with van der Waals surface area (Å²) in [4.78, 5) is 12.3. The number of nitrogens with one attached hydrogen (secondary N) is 1. The molecule has 0 amide bonds. The maximum Gasteiger partial charge on any atom is 0.164 e. The molecule has 3 nitrogen and oxygen atoms in total. The van der Waals surface area contributed by atoms with Crippen LogP contribution in [0.15, 0.2) is 24.3 Å². The van der Waals surface area contributed by atoms with Crippen LogP contribution in [0.1, 0.15) is 50.0 Å². The fraction of sp³-hybridized carbons (Fsp3) is 0.588. The zero-order valence-electron chi connectivity index (χ0n) is 12.9. The van der Waals surface area contributed by atoms with Gasteiger partial charge in [0.25, 0.3) is 0 Å². The van der Waals surface area contributed by atoms with Gasteiger partial charge in [0.1, 0.15) is 0 Å². The van der Waals surface area contributed by atoms with Crippen LogP contribution < -0.4 is 5.32 Å². The molecule has 110 valence electrons. The number of ether oxygens (including phenoxy) is 1. The van der Waals surface area contributed by atoms with Gasteiger partial charge in [0.15, 0.2) is 5.78 Å². The van der Waals surface area contributed by atoms with Gasteiger partial charge in [-0.15, -0.1) is 0 Å². The van der Waals surface area contributed by atoms with E-state index in [1.165, 1.54) is 5.56 Å². The Kier molecular flexibility index (Phi) is 4.61. The van der Waals surface area contributed by atoms with Gasteiger partial charge in [-0.1, -0.05) is 45.0 Å². The van der Waals surface area contributed by atoms with Crippen LogP contribution in [0.25, 0.3) is 0 Å². The number of hydrogen-bond acceptors (Lipinski definition) is 3. The second-order valence-corrected chi connectivity index (χ2v) is 6.76. The van der Waals surface area contributed by atoms with E-state index in [0.29, 0.717) is 19.1 Å². The lowest BCUT2D eigenvalue weighted by Gasteiger charge is -2.28. The molecule has 0 spiro atoms. The first-order valence-electron chi connectivity index (χ1n) is 7.34. The molecule has 0 radical (unpaired) electrons. The highest BCUT2D eigenvalue weighted by Gasteiger charge is 2.22. The van der Waals surface area contributed by atoms with Crippen molar-refractivity contribution >= 4 is 5.78 Å². The van der Waals surface area contributed by atoms with E-state index in [1.54, 1.807) is 0 Å². The molecular formula is C17H25NO2. The third-order valence-electron chi connectivity index (χ3n) is 3.71. The lowest BCUT2D eigenvalue weighted by Crippen LogP contribution is -2.48. The van der Waals surface area contributed by atoms with Crippen molar-refractivity contribution in [2.24, 2.45) is 0 Å². The minimum Gasteiger partial charge on any atom is -0.378 e. The van der Waals surface area contributed by atoms with Crippen molar-refractivity contribution in [2.75, 3.05) is 13.2 Å². The molecule has 0 aromatic heterocycles. The molecule has 1 heterocycles. The van der Waals surface area contributed by atoms with Crippen molar-refractivity contribution in [1.29, 1.82) is 0 Å². The molecule has 2 rings (SSSR count). The van der Waals surface area contributed by atoms with Crippen molar-refractivity contribution in [3.8, 4) is 0 Å². The summed E-state index contributed by atoms with van der Waals surface area (Å²) in [7, 11) is 0. The van der Waals surface area contributed by atoms with Gasteiger partial charge in [0.2, 0.25) is 0 Å². The number of Topliss-reactive ketones (excluding diaryl/α,β-unsaturated/α-hetero) is 1. The summed E-state index contributed by atoms with van der Waals surface area (Å²) in [6.45, 7) is 9.95.